The maximum atomic E-state index is 12.4. The highest BCUT2D eigenvalue weighted by molar-refractivity contribution is 5.94. The number of aryl methyl sites for hydroxylation is 1. The molecule has 0 spiro atoms. The molecule has 1 atom stereocenters. The van der Waals surface area contributed by atoms with Crippen LogP contribution >= 0.6 is 0 Å². The summed E-state index contributed by atoms with van der Waals surface area (Å²) in [7, 11) is 0. The molecule has 0 fully saturated rings. The molecule has 3 rings (SSSR count). The van der Waals surface area contributed by atoms with Crippen LogP contribution in [-0.4, -0.2) is 31.6 Å². The highest BCUT2D eigenvalue weighted by atomic mass is 19.3. The third-order valence-electron chi connectivity index (χ3n) is 4.69. The molecule has 3 amide bonds. The molecule has 8 heteroatoms. The summed E-state index contributed by atoms with van der Waals surface area (Å²) >= 11 is 0. The summed E-state index contributed by atoms with van der Waals surface area (Å²) in [6.07, 6.45) is 2.35. The number of carbonyl (C=O) groups excluding carboxylic acids is 2. The molecule has 0 heterocycles. The number of alkyl halides is 2. The zero-order valence-electron chi connectivity index (χ0n) is 15.8. The van der Waals surface area contributed by atoms with E-state index >= 15 is 0 Å². The third kappa shape index (κ3) is 5.91. The summed E-state index contributed by atoms with van der Waals surface area (Å²) in [5, 5.41) is 8.36. The molecule has 2 aromatic rings. The lowest BCUT2D eigenvalue weighted by molar-refractivity contribution is -0.0499. The Hall–Kier alpha value is -3.16. The van der Waals surface area contributed by atoms with Gasteiger partial charge in [0.25, 0.3) is 5.91 Å². The minimum absolute atomic E-state index is 0.123. The Morgan fingerprint density at radius 3 is 2.59 bits per heavy atom. The molecule has 0 saturated carbocycles. The number of fused-ring (bicyclic) bond motifs is 1. The number of urea groups is 1. The Morgan fingerprint density at radius 2 is 1.83 bits per heavy atom. The minimum Gasteiger partial charge on any atom is -0.435 e. The molecule has 29 heavy (non-hydrogen) atoms. The smallest absolute Gasteiger partial charge is 0.387 e. The number of hydrogen-bond donors (Lipinski definition) is 3. The van der Waals surface area contributed by atoms with Crippen molar-refractivity contribution in [1.29, 1.82) is 0 Å². The van der Waals surface area contributed by atoms with E-state index in [0.717, 1.165) is 30.4 Å². The maximum absolute atomic E-state index is 12.4. The first-order valence-corrected chi connectivity index (χ1v) is 9.48. The monoisotopic (exact) mass is 403 g/mol. The van der Waals surface area contributed by atoms with E-state index < -0.39 is 6.61 Å². The van der Waals surface area contributed by atoms with Crippen molar-refractivity contribution in [2.45, 2.75) is 31.9 Å². The Kier molecular flexibility index (Phi) is 6.99. The molecule has 3 N–H and O–H groups in total. The second-order valence-electron chi connectivity index (χ2n) is 6.71. The molecule has 1 aliphatic carbocycles. The van der Waals surface area contributed by atoms with Gasteiger partial charge in [-0.3, -0.25) is 4.79 Å². The van der Waals surface area contributed by atoms with Gasteiger partial charge >= 0.3 is 12.6 Å². The van der Waals surface area contributed by atoms with E-state index in [1.165, 1.54) is 6.07 Å². The number of amides is 3. The number of carbonyl (C=O) groups is 2. The van der Waals surface area contributed by atoms with Crippen molar-refractivity contribution < 1.29 is 23.1 Å². The van der Waals surface area contributed by atoms with E-state index in [-0.39, 0.29) is 30.3 Å². The summed E-state index contributed by atoms with van der Waals surface area (Å²) in [6, 6.07) is 13.1. The fourth-order valence-electron chi connectivity index (χ4n) is 3.37. The number of hydrogen-bond acceptors (Lipinski definition) is 3. The normalized spacial score (nSPS) is 15.3. The Bertz CT molecular complexity index is 846. The van der Waals surface area contributed by atoms with E-state index in [9.17, 15) is 18.4 Å². The van der Waals surface area contributed by atoms with E-state index in [4.69, 9.17) is 0 Å². The molecule has 0 aliphatic heterocycles. The fraction of sp³-hybridized carbons (Fsp3) is 0.333. The molecule has 0 radical (unpaired) electrons. The lowest BCUT2D eigenvalue weighted by Gasteiger charge is -2.27. The summed E-state index contributed by atoms with van der Waals surface area (Å²) in [4.78, 5) is 24.1. The van der Waals surface area contributed by atoms with Crippen molar-refractivity contribution in [2.75, 3.05) is 13.1 Å². The van der Waals surface area contributed by atoms with Crippen LogP contribution in [0.5, 0.6) is 5.75 Å². The average molecular weight is 403 g/mol. The van der Waals surface area contributed by atoms with Crippen LogP contribution in [0.25, 0.3) is 0 Å². The van der Waals surface area contributed by atoms with Crippen LogP contribution in [0.1, 0.15) is 40.4 Å². The number of nitrogens with one attached hydrogen (secondary N) is 3. The first kappa shape index (κ1) is 20.6. The van der Waals surface area contributed by atoms with Crippen molar-refractivity contribution in [3.05, 3.63) is 65.2 Å². The molecule has 1 aliphatic rings. The predicted molar refractivity (Wildman–Crippen MR) is 104 cm³/mol. The van der Waals surface area contributed by atoms with Crippen LogP contribution in [0.4, 0.5) is 13.6 Å². The third-order valence-corrected chi connectivity index (χ3v) is 4.69. The van der Waals surface area contributed by atoms with Crippen LogP contribution in [0, 0.1) is 0 Å². The molecule has 1 unspecified atom stereocenters. The molecular formula is C21H23F2N3O3. The molecule has 6 nitrogen and oxygen atoms in total. The van der Waals surface area contributed by atoms with Gasteiger partial charge in [0.1, 0.15) is 5.75 Å². The quantitative estimate of drug-likeness (QED) is 0.620. The van der Waals surface area contributed by atoms with Gasteiger partial charge in [-0.05, 0) is 54.7 Å². The minimum atomic E-state index is -2.86. The summed E-state index contributed by atoms with van der Waals surface area (Å²) in [6.45, 7) is -2.28. The number of halogens is 2. The van der Waals surface area contributed by atoms with E-state index in [1.807, 2.05) is 6.07 Å². The zero-order chi connectivity index (χ0) is 20.6. The number of benzene rings is 2. The van der Waals surface area contributed by atoms with Crippen LogP contribution in [-0.2, 0) is 6.42 Å². The van der Waals surface area contributed by atoms with E-state index in [0.29, 0.717) is 12.1 Å². The van der Waals surface area contributed by atoms with E-state index in [1.54, 1.807) is 36.4 Å². The molecule has 0 saturated heterocycles. The van der Waals surface area contributed by atoms with Gasteiger partial charge in [-0.2, -0.15) is 8.78 Å². The van der Waals surface area contributed by atoms with Crippen LogP contribution < -0.4 is 20.7 Å². The highest BCUT2D eigenvalue weighted by Gasteiger charge is 2.22. The van der Waals surface area contributed by atoms with Crippen molar-refractivity contribution in [3.8, 4) is 5.75 Å². The van der Waals surface area contributed by atoms with E-state index in [2.05, 4.69) is 20.7 Å². The van der Waals surface area contributed by atoms with Crippen molar-refractivity contribution in [2.24, 2.45) is 0 Å². The van der Waals surface area contributed by atoms with Crippen LogP contribution in [0.3, 0.4) is 0 Å². The topological polar surface area (TPSA) is 79.5 Å². The lowest BCUT2D eigenvalue weighted by Crippen LogP contribution is -2.42. The maximum Gasteiger partial charge on any atom is 0.387 e. The SMILES string of the molecule is O=C(NCCNC(=O)c1ccccc1)NC1CCCc2cc(OC(F)F)ccc21. The number of rotatable bonds is 7. The fourth-order valence-corrected chi connectivity index (χ4v) is 3.37. The molecule has 154 valence electrons. The largest absolute Gasteiger partial charge is 0.435 e. The Morgan fingerprint density at radius 1 is 1.07 bits per heavy atom. The standard InChI is InChI=1S/C21H23F2N3O3/c22-20(23)29-16-9-10-17-15(13-16)7-4-8-18(17)26-21(28)25-12-11-24-19(27)14-5-2-1-3-6-14/h1-3,5-6,9-10,13,18,20H,4,7-8,11-12H2,(H,24,27)(H2,25,26,28). The van der Waals surface area contributed by atoms with Crippen LogP contribution in [0.2, 0.25) is 0 Å². The van der Waals surface area contributed by atoms with Crippen molar-refractivity contribution in [1.82, 2.24) is 16.0 Å². The first-order valence-electron chi connectivity index (χ1n) is 9.48. The molecule has 0 bridgehead atoms. The van der Waals surface area contributed by atoms with Gasteiger partial charge in [0.15, 0.2) is 0 Å². The van der Waals surface area contributed by atoms with Gasteiger partial charge in [0.05, 0.1) is 6.04 Å². The van der Waals surface area contributed by atoms with Gasteiger partial charge in [-0.15, -0.1) is 0 Å². The van der Waals surface area contributed by atoms with Crippen molar-refractivity contribution >= 4 is 11.9 Å². The van der Waals surface area contributed by atoms with Gasteiger partial charge in [-0.25, -0.2) is 4.79 Å². The second-order valence-corrected chi connectivity index (χ2v) is 6.71. The Balaban J connectivity index is 1.46. The average Bonchev–Trinajstić information content (AvgIpc) is 2.71. The zero-order valence-corrected chi connectivity index (χ0v) is 15.8. The van der Waals surface area contributed by atoms with Gasteiger partial charge in [0.2, 0.25) is 0 Å². The lowest BCUT2D eigenvalue weighted by atomic mass is 9.87. The Labute approximate surface area is 167 Å². The molecular weight excluding hydrogens is 380 g/mol. The summed E-state index contributed by atoms with van der Waals surface area (Å²) in [5.74, 6) is -0.0751. The summed E-state index contributed by atoms with van der Waals surface area (Å²) < 4.78 is 29.2. The van der Waals surface area contributed by atoms with Crippen LogP contribution in [0.15, 0.2) is 48.5 Å². The predicted octanol–water partition coefficient (Wildman–Crippen LogP) is 3.39. The van der Waals surface area contributed by atoms with Crippen molar-refractivity contribution in [3.63, 3.8) is 0 Å². The summed E-state index contributed by atoms with van der Waals surface area (Å²) in [5.41, 5.74) is 2.37. The first-order chi connectivity index (χ1) is 14.0. The van der Waals surface area contributed by atoms with Gasteiger partial charge < -0.3 is 20.7 Å². The highest BCUT2D eigenvalue weighted by Crippen LogP contribution is 2.32. The van der Waals surface area contributed by atoms with Gasteiger partial charge in [0, 0.05) is 18.7 Å². The molecule has 0 aromatic heterocycles. The number of ether oxygens (including phenoxy) is 1. The molecule has 2 aromatic carbocycles. The van der Waals surface area contributed by atoms with Gasteiger partial charge in [-0.1, -0.05) is 24.3 Å². The second kappa shape index (κ2) is 9.86.